The molecule has 0 fully saturated rings. The van der Waals surface area contributed by atoms with Gasteiger partial charge in [0.2, 0.25) is 5.71 Å². The minimum Gasteiger partial charge on any atom is -0.495 e. The van der Waals surface area contributed by atoms with Crippen LogP contribution >= 0.6 is 0 Å². The fourth-order valence-corrected chi connectivity index (χ4v) is 2.30. The van der Waals surface area contributed by atoms with Gasteiger partial charge in [-0.25, -0.2) is 4.98 Å². The monoisotopic (exact) mass is 317 g/mol. The van der Waals surface area contributed by atoms with Crippen molar-refractivity contribution in [3.05, 3.63) is 30.5 Å². The number of rotatable bonds is 5. The second-order valence-electron chi connectivity index (χ2n) is 5.94. The molecule has 0 aliphatic rings. The zero-order chi connectivity index (χ0) is 16.6. The number of nitrogens with zero attached hydrogens (tertiary/aromatic N) is 1. The van der Waals surface area contributed by atoms with Crippen LogP contribution in [0, 0.1) is 0 Å². The van der Waals surface area contributed by atoms with Crippen molar-refractivity contribution in [2.45, 2.75) is 25.6 Å². The molecule has 3 rings (SSSR count). The minimum absolute atomic E-state index is 0.0187. The molecule has 0 saturated heterocycles. The van der Waals surface area contributed by atoms with Gasteiger partial charge in [-0.2, -0.15) is 0 Å². The molecule has 0 radical (unpaired) electrons. The first kappa shape index (κ1) is 15.6. The fourth-order valence-electron chi connectivity index (χ4n) is 2.30. The summed E-state index contributed by atoms with van der Waals surface area (Å²) in [6.07, 6.45) is 0.573. The van der Waals surface area contributed by atoms with E-state index in [0.29, 0.717) is 22.7 Å². The van der Waals surface area contributed by atoms with E-state index in [1.54, 1.807) is 25.5 Å². The lowest BCUT2D eigenvalue weighted by Crippen LogP contribution is -2.40. The first-order valence-electron chi connectivity index (χ1n) is 7.28. The van der Waals surface area contributed by atoms with Crippen molar-refractivity contribution in [3.8, 4) is 11.5 Å². The maximum atomic E-state index is 9.83. The number of pyridine rings is 1. The van der Waals surface area contributed by atoms with Crippen LogP contribution in [0.4, 0.5) is 0 Å². The number of benzene rings is 1. The Kier molecular flexibility index (Phi) is 3.87. The van der Waals surface area contributed by atoms with Gasteiger partial charge in [-0.3, -0.25) is 0 Å². The van der Waals surface area contributed by atoms with E-state index < -0.39 is 11.7 Å². The van der Waals surface area contributed by atoms with Crippen molar-refractivity contribution in [1.29, 1.82) is 0 Å². The summed E-state index contributed by atoms with van der Waals surface area (Å²) in [5.41, 5.74) is -0.0684. The van der Waals surface area contributed by atoms with Crippen molar-refractivity contribution in [3.63, 3.8) is 0 Å². The lowest BCUT2D eigenvalue weighted by atomic mass is 10.0. The first-order chi connectivity index (χ1) is 10.9. The molecule has 1 atom stereocenters. The van der Waals surface area contributed by atoms with E-state index in [-0.39, 0.29) is 6.61 Å². The summed E-state index contributed by atoms with van der Waals surface area (Å²) in [5.74, 6) is 1.24. The Hall–Kier alpha value is -2.31. The third-order valence-corrected chi connectivity index (χ3v) is 3.75. The molecule has 0 bridgehead atoms. The second kappa shape index (κ2) is 5.72. The molecule has 6 nitrogen and oxygen atoms in total. The zero-order valence-corrected chi connectivity index (χ0v) is 13.2. The van der Waals surface area contributed by atoms with Crippen LogP contribution < -0.4 is 9.47 Å². The van der Waals surface area contributed by atoms with E-state index in [0.717, 1.165) is 10.8 Å². The molecule has 2 N–H and O–H groups in total. The Morgan fingerprint density at radius 3 is 2.74 bits per heavy atom. The molecule has 1 aromatic carbocycles. The highest BCUT2D eigenvalue weighted by molar-refractivity contribution is 5.99. The fraction of sp³-hybridized carbons (Fsp3) is 0.353. The predicted octanol–water partition coefficient (Wildman–Crippen LogP) is 2.50. The molecule has 122 valence electrons. The maximum Gasteiger partial charge on any atom is 0.230 e. The Labute approximate surface area is 133 Å². The van der Waals surface area contributed by atoms with E-state index in [9.17, 15) is 10.2 Å². The summed E-state index contributed by atoms with van der Waals surface area (Å²) < 4.78 is 16.4. The van der Waals surface area contributed by atoms with Crippen molar-refractivity contribution >= 4 is 22.0 Å². The summed E-state index contributed by atoms with van der Waals surface area (Å²) in [6, 6.07) is 7.18. The number of methoxy groups -OCH3 is 1. The number of hydrogen-bond donors (Lipinski definition) is 2. The van der Waals surface area contributed by atoms with Gasteiger partial charge in [0, 0.05) is 11.5 Å². The van der Waals surface area contributed by atoms with Crippen LogP contribution in [0.25, 0.3) is 22.0 Å². The van der Waals surface area contributed by atoms with Crippen LogP contribution in [-0.4, -0.2) is 40.6 Å². The Bertz CT molecular complexity index is 834. The molecule has 0 aliphatic carbocycles. The normalized spacial score (nSPS) is 13.4. The highest BCUT2D eigenvalue weighted by Gasteiger charge is 2.25. The Morgan fingerprint density at radius 2 is 2.04 bits per heavy atom. The van der Waals surface area contributed by atoms with Gasteiger partial charge in [0.25, 0.3) is 0 Å². The summed E-state index contributed by atoms with van der Waals surface area (Å²) in [4.78, 5) is 4.44. The van der Waals surface area contributed by atoms with Crippen molar-refractivity contribution in [2.75, 3.05) is 13.7 Å². The van der Waals surface area contributed by atoms with Gasteiger partial charge in [0.1, 0.15) is 24.2 Å². The quantitative estimate of drug-likeness (QED) is 0.752. The van der Waals surface area contributed by atoms with E-state index in [2.05, 4.69) is 4.98 Å². The van der Waals surface area contributed by atoms with Crippen LogP contribution in [0.3, 0.4) is 0 Å². The topological polar surface area (TPSA) is 85.0 Å². The van der Waals surface area contributed by atoms with Crippen molar-refractivity contribution in [2.24, 2.45) is 0 Å². The number of aromatic nitrogens is 1. The second-order valence-corrected chi connectivity index (χ2v) is 5.94. The summed E-state index contributed by atoms with van der Waals surface area (Å²) >= 11 is 0. The van der Waals surface area contributed by atoms with Crippen LogP contribution in [0.1, 0.15) is 13.8 Å². The largest absolute Gasteiger partial charge is 0.495 e. The molecule has 0 saturated carbocycles. The van der Waals surface area contributed by atoms with Gasteiger partial charge < -0.3 is 24.1 Å². The van der Waals surface area contributed by atoms with Gasteiger partial charge in [-0.05, 0) is 32.0 Å². The average molecular weight is 317 g/mol. The lowest BCUT2D eigenvalue weighted by Gasteiger charge is -2.24. The first-order valence-corrected chi connectivity index (χ1v) is 7.28. The predicted molar refractivity (Wildman–Crippen MR) is 85.9 cm³/mol. The molecule has 6 heteroatoms. The number of ether oxygens (including phenoxy) is 2. The third-order valence-electron chi connectivity index (χ3n) is 3.75. The Balaban J connectivity index is 1.94. The van der Waals surface area contributed by atoms with Crippen LogP contribution in [0.2, 0.25) is 0 Å². The third kappa shape index (κ3) is 2.95. The van der Waals surface area contributed by atoms with E-state index in [1.807, 2.05) is 12.1 Å². The van der Waals surface area contributed by atoms with Gasteiger partial charge in [-0.1, -0.05) is 0 Å². The highest BCUT2D eigenvalue weighted by atomic mass is 16.5. The Morgan fingerprint density at radius 1 is 1.26 bits per heavy atom. The molecule has 0 spiro atoms. The number of aliphatic hydroxyl groups excluding tert-OH is 1. The number of aliphatic hydroxyl groups is 2. The molecule has 0 aliphatic heterocycles. The number of fused-ring (bicyclic) bond motifs is 2. The molecule has 2 heterocycles. The van der Waals surface area contributed by atoms with Crippen LogP contribution in [0.5, 0.6) is 11.5 Å². The van der Waals surface area contributed by atoms with E-state index in [1.165, 1.54) is 13.8 Å². The van der Waals surface area contributed by atoms with E-state index >= 15 is 0 Å². The van der Waals surface area contributed by atoms with Crippen LogP contribution in [0.15, 0.2) is 34.9 Å². The molecule has 2 aromatic heterocycles. The van der Waals surface area contributed by atoms with E-state index in [4.69, 9.17) is 13.9 Å². The zero-order valence-electron chi connectivity index (χ0n) is 13.2. The van der Waals surface area contributed by atoms with Gasteiger partial charge in [0.15, 0.2) is 0 Å². The molecular formula is C17H19NO5. The summed E-state index contributed by atoms with van der Waals surface area (Å²) in [6.45, 7) is 3.04. The number of hydrogen-bond acceptors (Lipinski definition) is 6. The summed E-state index contributed by atoms with van der Waals surface area (Å²) in [5, 5.41) is 21.2. The van der Waals surface area contributed by atoms with Crippen molar-refractivity contribution < 1.29 is 24.1 Å². The van der Waals surface area contributed by atoms with Gasteiger partial charge in [0.05, 0.1) is 29.9 Å². The average Bonchev–Trinajstić information content (AvgIpc) is 2.96. The molecular weight excluding hydrogens is 298 g/mol. The van der Waals surface area contributed by atoms with Gasteiger partial charge in [-0.15, -0.1) is 0 Å². The summed E-state index contributed by atoms with van der Waals surface area (Å²) in [7, 11) is 1.60. The highest BCUT2D eigenvalue weighted by Crippen LogP contribution is 2.34. The molecule has 23 heavy (non-hydrogen) atoms. The number of furan rings is 1. The maximum absolute atomic E-state index is 9.83. The van der Waals surface area contributed by atoms with Gasteiger partial charge >= 0.3 is 0 Å². The van der Waals surface area contributed by atoms with Crippen molar-refractivity contribution in [1.82, 2.24) is 4.98 Å². The smallest absolute Gasteiger partial charge is 0.230 e. The van der Waals surface area contributed by atoms with Crippen LogP contribution in [-0.2, 0) is 0 Å². The molecule has 3 aromatic rings. The minimum atomic E-state index is -1.22. The standard InChI is InChI=1S/C17H19NO5/c1-17(2,20)14(19)9-23-10-4-5-11-13(8-10)18-16-12(6-7-22-16)15(11)21-3/h4-8,14,19-20H,9H2,1-3H3. The molecule has 1 unspecified atom stereocenters. The molecule has 0 amide bonds. The SMILES string of the molecule is COc1c2ccc(OCC(O)C(C)(C)O)cc2nc2occc12. The lowest BCUT2D eigenvalue weighted by molar-refractivity contribution is -0.0661.